The minimum Gasteiger partial charge on any atom is -0.381 e. The Kier molecular flexibility index (Phi) is 4.49. The van der Waals surface area contributed by atoms with Gasteiger partial charge in [0, 0.05) is 10.7 Å². The van der Waals surface area contributed by atoms with Crippen LogP contribution in [0, 0.1) is 10.1 Å². The summed E-state index contributed by atoms with van der Waals surface area (Å²) in [5.74, 6) is -2.20. The fourth-order valence-electron chi connectivity index (χ4n) is 1.17. The van der Waals surface area contributed by atoms with Crippen LogP contribution in [0.4, 0.5) is 32.0 Å². The van der Waals surface area contributed by atoms with Crippen LogP contribution >= 0.6 is 10.7 Å². The zero-order valence-corrected chi connectivity index (χ0v) is 11.1. The van der Waals surface area contributed by atoms with Crippen molar-refractivity contribution >= 4 is 25.4 Å². The predicted octanol–water partition coefficient (Wildman–Crippen LogP) is 2.83. The molecule has 0 amide bonds. The van der Waals surface area contributed by atoms with E-state index in [1.807, 2.05) is 0 Å². The van der Waals surface area contributed by atoms with E-state index in [4.69, 9.17) is 10.7 Å². The molecule has 124 valence electrons. The molecular formula is C7HClF6N2O5S. The Morgan fingerprint density at radius 2 is 1.73 bits per heavy atom. The van der Waals surface area contributed by atoms with Gasteiger partial charge in [0.1, 0.15) is 5.69 Å². The van der Waals surface area contributed by atoms with Crippen molar-refractivity contribution in [1.82, 2.24) is 4.98 Å². The van der Waals surface area contributed by atoms with Gasteiger partial charge in [0.05, 0.1) is 4.92 Å². The standard InChI is InChI=1S/C7HClF6N2O5S/c8-22(19,20)2-1-3(6(9,10)11)15-5(4(2)16(17)18)21-7(12,13)14/h1H. The highest BCUT2D eigenvalue weighted by Crippen LogP contribution is 2.40. The van der Waals surface area contributed by atoms with Crippen molar-refractivity contribution in [3.63, 3.8) is 0 Å². The molecule has 0 N–H and O–H groups in total. The largest absolute Gasteiger partial charge is 0.574 e. The molecule has 0 aliphatic heterocycles. The highest BCUT2D eigenvalue weighted by Gasteiger charge is 2.43. The second kappa shape index (κ2) is 5.42. The maximum absolute atomic E-state index is 12.5. The molecule has 0 radical (unpaired) electrons. The van der Waals surface area contributed by atoms with Gasteiger partial charge in [-0.25, -0.2) is 13.4 Å². The van der Waals surface area contributed by atoms with Gasteiger partial charge >= 0.3 is 24.1 Å². The Morgan fingerprint density at radius 3 is 2.05 bits per heavy atom. The minimum absolute atomic E-state index is 0.371. The van der Waals surface area contributed by atoms with Gasteiger partial charge in [-0.1, -0.05) is 0 Å². The summed E-state index contributed by atoms with van der Waals surface area (Å²) in [6.07, 6.45) is -11.1. The van der Waals surface area contributed by atoms with Crippen LogP contribution in [0.1, 0.15) is 5.69 Å². The van der Waals surface area contributed by atoms with Crippen LogP contribution in [-0.2, 0) is 15.2 Å². The van der Waals surface area contributed by atoms with E-state index in [9.17, 15) is 44.9 Å². The molecule has 0 fully saturated rings. The molecule has 0 unspecified atom stereocenters. The Labute approximate surface area is 121 Å². The molecule has 22 heavy (non-hydrogen) atoms. The van der Waals surface area contributed by atoms with Crippen molar-refractivity contribution in [2.45, 2.75) is 17.4 Å². The van der Waals surface area contributed by atoms with Crippen molar-refractivity contribution in [2.75, 3.05) is 0 Å². The van der Waals surface area contributed by atoms with Gasteiger partial charge in [-0.15, -0.1) is 13.2 Å². The monoisotopic (exact) mass is 374 g/mol. The van der Waals surface area contributed by atoms with Crippen LogP contribution in [0.2, 0.25) is 0 Å². The van der Waals surface area contributed by atoms with Crippen LogP contribution in [0.15, 0.2) is 11.0 Å². The normalized spacial score (nSPS) is 13.0. The lowest BCUT2D eigenvalue weighted by atomic mass is 10.3. The summed E-state index contributed by atoms with van der Waals surface area (Å²) in [5, 5.41) is 10.6. The predicted molar refractivity (Wildman–Crippen MR) is 55.6 cm³/mol. The number of alkyl halides is 6. The number of hydrogen-bond donors (Lipinski definition) is 0. The molecule has 0 saturated carbocycles. The zero-order chi connectivity index (χ0) is 17.5. The summed E-state index contributed by atoms with van der Waals surface area (Å²) >= 11 is 0. The molecular weight excluding hydrogens is 374 g/mol. The lowest BCUT2D eigenvalue weighted by Gasteiger charge is -2.12. The van der Waals surface area contributed by atoms with Crippen molar-refractivity contribution in [3.8, 4) is 5.88 Å². The Bertz CT molecular complexity index is 715. The van der Waals surface area contributed by atoms with E-state index in [1.165, 1.54) is 0 Å². The zero-order valence-electron chi connectivity index (χ0n) is 9.57. The average Bonchev–Trinajstić information content (AvgIpc) is 2.22. The third-order valence-electron chi connectivity index (χ3n) is 1.87. The quantitative estimate of drug-likeness (QED) is 0.349. The van der Waals surface area contributed by atoms with Gasteiger partial charge in [-0.2, -0.15) is 13.2 Å². The summed E-state index contributed by atoms with van der Waals surface area (Å²) in [7, 11) is -0.487. The van der Waals surface area contributed by atoms with E-state index in [0.29, 0.717) is 0 Å². The van der Waals surface area contributed by atoms with Gasteiger partial charge in [0.2, 0.25) is 0 Å². The van der Waals surface area contributed by atoms with E-state index < -0.39 is 48.7 Å². The molecule has 15 heteroatoms. The first-order chi connectivity index (χ1) is 9.63. The molecule has 1 heterocycles. The van der Waals surface area contributed by atoms with Crippen LogP contribution in [0.3, 0.4) is 0 Å². The highest BCUT2D eigenvalue weighted by molar-refractivity contribution is 8.13. The van der Waals surface area contributed by atoms with Crippen LogP contribution in [0.25, 0.3) is 0 Å². The molecule has 0 saturated heterocycles. The molecule has 1 aromatic rings. The number of pyridine rings is 1. The Hall–Kier alpha value is -1.83. The van der Waals surface area contributed by atoms with Gasteiger partial charge in [0.15, 0.2) is 4.90 Å². The molecule has 0 aromatic carbocycles. The molecule has 7 nitrogen and oxygen atoms in total. The third-order valence-corrected chi connectivity index (χ3v) is 3.21. The number of rotatable bonds is 3. The average molecular weight is 375 g/mol. The molecule has 1 aromatic heterocycles. The van der Waals surface area contributed by atoms with E-state index >= 15 is 0 Å². The highest BCUT2D eigenvalue weighted by atomic mass is 35.7. The lowest BCUT2D eigenvalue weighted by Crippen LogP contribution is -2.21. The number of ether oxygens (including phenoxy) is 1. The van der Waals surface area contributed by atoms with Crippen molar-refractivity contribution < 1.29 is 44.4 Å². The second-order valence-electron chi connectivity index (χ2n) is 3.40. The fraction of sp³-hybridized carbons (Fsp3) is 0.286. The summed E-state index contributed by atoms with van der Waals surface area (Å²) in [4.78, 5) is 9.39. The van der Waals surface area contributed by atoms with Crippen molar-refractivity contribution in [2.24, 2.45) is 0 Å². The van der Waals surface area contributed by atoms with Gasteiger partial charge in [-0.05, 0) is 6.07 Å². The van der Waals surface area contributed by atoms with E-state index in [0.717, 1.165) is 0 Å². The molecule has 0 aliphatic rings. The number of nitro groups is 1. The minimum atomic E-state index is -5.66. The van der Waals surface area contributed by atoms with E-state index in [1.54, 1.807) is 0 Å². The smallest absolute Gasteiger partial charge is 0.381 e. The Morgan fingerprint density at radius 1 is 1.23 bits per heavy atom. The third kappa shape index (κ3) is 4.33. The van der Waals surface area contributed by atoms with Crippen molar-refractivity contribution in [3.05, 3.63) is 21.9 Å². The van der Waals surface area contributed by atoms with E-state index in [2.05, 4.69) is 9.72 Å². The van der Waals surface area contributed by atoms with Gasteiger partial charge in [-0.3, -0.25) is 10.1 Å². The number of halogens is 7. The topological polar surface area (TPSA) is 99.4 Å². The number of hydrogen-bond acceptors (Lipinski definition) is 6. The van der Waals surface area contributed by atoms with Crippen LogP contribution in [-0.4, -0.2) is 24.7 Å². The number of nitrogens with zero attached hydrogens (tertiary/aromatic N) is 2. The molecule has 0 spiro atoms. The summed E-state index contributed by atoms with van der Waals surface area (Å²) < 4.78 is 98.9. The Balaban J connectivity index is 3.83. The molecule has 1 rings (SSSR count). The number of aromatic nitrogens is 1. The summed E-state index contributed by atoms with van der Waals surface area (Å²) in [5.41, 5.74) is -4.14. The second-order valence-corrected chi connectivity index (χ2v) is 5.93. The van der Waals surface area contributed by atoms with Gasteiger partial charge in [0.25, 0.3) is 9.05 Å². The SMILES string of the molecule is O=[N+]([O-])c1c(S(=O)(=O)Cl)cc(C(F)(F)F)nc1OC(F)(F)F. The molecule has 0 aliphatic carbocycles. The van der Waals surface area contributed by atoms with Crippen LogP contribution in [0.5, 0.6) is 5.88 Å². The first kappa shape index (κ1) is 18.2. The fourth-order valence-corrected chi connectivity index (χ4v) is 2.17. The maximum atomic E-state index is 12.5. The maximum Gasteiger partial charge on any atom is 0.574 e. The van der Waals surface area contributed by atoms with Crippen molar-refractivity contribution in [1.29, 1.82) is 0 Å². The first-order valence-corrected chi connectivity index (χ1v) is 6.91. The first-order valence-electron chi connectivity index (χ1n) is 4.60. The van der Waals surface area contributed by atoms with E-state index in [-0.39, 0.29) is 6.07 Å². The summed E-state index contributed by atoms with van der Waals surface area (Å²) in [6, 6.07) is -0.371. The van der Waals surface area contributed by atoms with Crippen LogP contribution < -0.4 is 4.74 Å². The molecule has 0 bridgehead atoms. The summed E-state index contributed by atoms with van der Waals surface area (Å²) in [6.45, 7) is 0. The lowest BCUT2D eigenvalue weighted by molar-refractivity contribution is -0.392. The van der Waals surface area contributed by atoms with Gasteiger partial charge < -0.3 is 4.74 Å². The molecule has 0 atom stereocenters.